The molecule has 1 fully saturated rings. The molecule has 3 rings (SSSR count). The van der Waals surface area contributed by atoms with Crippen molar-refractivity contribution in [1.29, 1.82) is 0 Å². The Morgan fingerprint density at radius 2 is 2.13 bits per heavy atom. The molecular formula is C17H24BN3O2. The lowest BCUT2D eigenvalue weighted by molar-refractivity contribution is 0.0507. The van der Waals surface area contributed by atoms with Crippen molar-refractivity contribution in [1.82, 2.24) is 14.7 Å². The van der Waals surface area contributed by atoms with Crippen LogP contribution in [0.15, 0.2) is 18.5 Å². The number of carbonyl (C=O) groups excluding carboxylic acids is 1. The van der Waals surface area contributed by atoms with Crippen molar-refractivity contribution in [3.63, 3.8) is 0 Å². The van der Waals surface area contributed by atoms with E-state index in [0.717, 1.165) is 11.3 Å². The van der Waals surface area contributed by atoms with E-state index < -0.39 is 11.7 Å². The molecule has 2 heterocycles. The molecule has 1 amide bonds. The predicted molar refractivity (Wildman–Crippen MR) is 93.1 cm³/mol. The van der Waals surface area contributed by atoms with Crippen LogP contribution in [0.25, 0.3) is 5.65 Å². The summed E-state index contributed by atoms with van der Waals surface area (Å²) in [6.45, 7) is 7.48. The Labute approximate surface area is 137 Å². The Hall–Kier alpha value is -1.98. The topological polar surface area (TPSA) is 55.6 Å². The number of pyridine rings is 1. The highest BCUT2D eigenvalue weighted by Gasteiger charge is 2.25. The van der Waals surface area contributed by atoms with Gasteiger partial charge in [-0.25, -0.2) is 9.78 Å². The molecule has 0 aliphatic heterocycles. The van der Waals surface area contributed by atoms with Crippen molar-refractivity contribution >= 4 is 25.0 Å². The first-order valence-corrected chi connectivity index (χ1v) is 8.21. The van der Waals surface area contributed by atoms with E-state index in [-0.39, 0.29) is 6.04 Å². The molecule has 122 valence electrons. The fourth-order valence-corrected chi connectivity index (χ4v) is 2.72. The number of hydrogen-bond donors (Lipinski definition) is 1. The van der Waals surface area contributed by atoms with E-state index in [0.29, 0.717) is 5.92 Å². The van der Waals surface area contributed by atoms with Gasteiger partial charge in [0.05, 0.1) is 11.7 Å². The molecule has 1 aliphatic rings. The molecule has 1 N–H and O–H groups in total. The van der Waals surface area contributed by atoms with E-state index in [1.807, 2.05) is 33.9 Å². The predicted octanol–water partition coefficient (Wildman–Crippen LogP) is 2.06. The molecular weight excluding hydrogens is 289 g/mol. The number of carbonyl (C=O) groups is 1. The summed E-state index contributed by atoms with van der Waals surface area (Å²) in [7, 11) is 2.09. The van der Waals surface area contributed by atoms with Crippen LogP contribution < -0.4 is 10.8 Å². The maximum Gasteiger partial charge on any atom is 0.408 e. The van der Waals surface area contributed by atoms with Gasteiger partial charge in [0.15, 0.2) is 0 Å². The highest BCUT2D eigenvalue weighted by molar-refractivity contribution is 6.36. The summed E-state index contributed by atoms with van der Waals surface area (Å²) in [5.74, 6) is 0.710. The number of aromatic nitrogens is 2. The van der Waals surface area contributed by atoms with E-state index in [2.05, 4.69) is 34.8 Å². The normalized spacial score (nSPS) is 16.3. The molecule has 1 saturated carbocycles. The van der Waals surface area contributed by atoms with Gasteiger partial charge in [0, 0.05) is 12.4 Å². The first-order chi connectivity index (χ1) is 10.7. The van der Waals surface area contributed by atoms with Crippen molar-refractivity contribution in [3.8, 4) is 0 Å². The largest absolute Gasteiger partial charge is 0.444 e. The Morgan fingerprint density at radius 1 is 1.43 bits per heavy atom. The molecule has 0 saturated heterocycles. The summed E-state index contributed by atoms with van der Waals surface area (Å²) < 4.78 is 7.38. The fourth-order valence-electron chi connectivity index (χ4n) is 2.72. The smallest absolute Gasteiger partial charge is 0.408 e. The molecule has 5 nitrogen and oxygen atoms in total. The minimum Gasteiger partial charge on any atom is -0.444 e. The number of ether oxygens (including phenoxy) is 1. The van der Waals surface area contributed by atoms with E-state index in [4.69, 9.17) is 4.74 Å². The van der Waals surface area contributed by atoms with Crippen LogP contribution >= 0.6 is 0 Å². The number of nitrogens with one attached hydrogen (secondary N) is 1. The molecule has 1 atom stereocenters. The number of rotatable bonds is 3. The number of imidazole rings is 1. The Balaban J connectivity index is 1.79. The Morgan fingerprint density at radius 3 is 2.74 bits per heavy atom. The van der Waals surface area contributed by atoms with Gasteiger partial charge in [0.1, 0.15) is 19.1 Å². The van der Waals surface area contributed by atoms with Crippen molar-refractivity contribution < 1.29 is 9.53 Å². The first-order valence-electron chi connectivity index (χ1n) is 8.21. The van der Waals surface area contributed by atoms with Crippen LogP contribution in [-0.2, 0) is 4.74 Å². The lowest BCUT2D eigenvalue weighted by Crippen LogP contribution is -2.34. The van der Waals surface area contributed by atoms with E-state index >= 15 is 0 Å². The van der Waals surface area contributed by atoms with Crippen LogP contribution in [-0.4, -0.2) is 28.9 Å². The number of nitrogens with zero attached hydrogens (tertiary/aromatic N) is 2. The van der Waals surface area contributed by atoms with Gasteiger partial charge in [0.25, 0.3) is 0 Å². The highest BCUT2D eigenvalue weighted by Crippen LogP contribution is 2.39. The minimum atomic E-state index is -0.502. The molecule has 1 aliphatic carbocycles. The van der Waals surface area contributed by atoms with E-state index in [1.54, 1.807) is 0 Å². The standard InChI is InChI=1S/C17H24BN3O2/c1-10(19-16(22)23-17(2,3)4)14-9-21-8-12(11-5-6-11)7-13(18)15(21)20-14/h7-11H,5-6,18H2,1-4H3,(H,19,22)/t10-/m1/s1. The zero-order valence-corrected chi connectivity index (χ0v) is 14.5. The van der Waals surface area contributed by atoms with Crippen LogP contribution in [0.5, 0.6) is 0 Å². The molecule has 0 spiro atoms. The van der Waals surface area contributed by atoms with Crippen molar-refractivity contribution in [3.05, 3.63) is 29.7 Å². The molecule has 0 bridgehead atoms. The van der Waals surface area contributed by atoms with Crippen molar-refractivity contribution in [2.24, 2.45) is 0 Å². The van der Waals surface area contributed by atoms with Crippen LogP contribution in [0, 0.1) is 0 Å². The summed E-state index contributed by atoms with van der Waals surface area (Å²) in [4.78, 5) is 16.6. The number of fused-ring (bicyclic) bond motifs is 1. The molecule has 0 unspecified atom stereocenters. The zero-order valence-electron chi connectivity index (χ0n) is 14.5. The molecule has 2 aromatic rings. The second-order valence-electron chi connectivity index (χ2n) is 7.50. The second-order valence-corrected chi connectivity index (χ2v) is 7.50. The quantitative estimate of drug-likeness (QED) is 0.883. The third-order valence-electron chi connectivity index (χ3n) is 4.00. The minimum absolute atomic E-state index is 0.200. The lowest BCUT2D eigenvalue weighted by Gasteiger charge is -2.21. The van der Waals surface area contributed by atoms with Gasteiger partial charge in [-0.2, -0.15) is 0 Å². The molecule has 2 aromatic heterocycles. The molecule has 0 aromatic carbocycles. The van der Waals surface area contributed by atoms with Crippen molar-refractivity contribution in [2.45, 2.75) is 58.1 Å². The third kappa shape index (κ3) is 3.68. The summed E-state index contributed by atoms with van der Waals surface area (Å²) >= 11 is 0. The van der Waals surface area contributed by atoms with Crippen molar-refractivity contribution in [2.75, 3.05) is 0 Å². The van der Waals surface area contributed by atoms with Crippen LogP contribution in [0.2, 0.25) is 0 Å². The van der Waals surface area contributed by atoms with Crippen LogP contribution in [0.4, 0.5) is 4.79 Å². The number of hydrogen-bond acceptors (Lipinski definition) is 3. The van der Waals surface area contributed by atoms with Gasteiger partial charge < -0.3 is 14.5 Å². The average Bonchev–Trinajstić information content (AvgIpc) is 3.15. The molecule has 23 heavy (non-hydrogen) atoms. The zero-order chi connectivity index (χ0) is 16.8. The van der Waals surface area contributed by atoms with Gasteiger partial charge in [-0.05, 0) is 57.5 Å². The average molecular weight is 313 g/mol. The van der Waals surface area contributed by atoms with Gasteiger partial charge in [-0.15, -0.1) is 0 Å². The fraction of sp³-hybridized carbons (Fsp3) is 0.529. The third-order valence-corrected chi connectivity index (χ3v) is 4.00. The van der Waals surface area contributed by atoms with Gasteiger partial charge >= 0.3 is 6.09 Å². The number of amides is 1. The van der Waals surface area contributed by atoms with E-state index in [9.17, 15) is 4.79 Å². The van der Waals surface area contributed by atoms with Gasteiger partial charge in [0.2, 0.25) is 0 Å². The van der Waals surface area contributed by atoms with Gasteiger partial charge in [-0.1, -0.05) is 6.07 Å². The summed E-state index contributed by atoms with van der Waals surface area (Å²) in [5.41, 5.74) is 3.84. The SMILES string of the molecule is Bc1cc(C2CC2)cn2cc([C@@H](C)NC(=O)OC(C)(C)C)nc12. The van der Waals surface area contributed by atoms with E-state index in [1.165, 1.54) is 23.9 Å². The number of alkyl carbamates (subject to hydrolysis) is 1. The molecule has 6 heteroatoms. The maximum atomic E-state index is 11.9. The molecule has 0 radical (unpaired) electrons. The van der Waals surface area contributed by atoms with Gasteiger partial charge in [-0.3, -0.25) is 0 Å². The maximum absolute atomic E-state index is 11.9. The van der Waals surface area contributed by atoms with Crippen LogP contribution in [0.3, 0.4) is 0 Å². The Kier molecular flexibility index (Phi) is 3.86. The first kappa shape index (κ1) is 15.9. The second kappa shape index (κ2) is 5.58. The highest BCUT2D eigenvalue weighted by atomic mass is 16.6. The summed E-state index contributed by atoms with van der Waals surface area (Å²) in [5, 5.41) is 2.85. The summed E-state index contributed by atoms with van der Waals surface area (Å²) in [6.07, 6.45) is 6.30. The monoisotopic (exact) mass is 313 g/mol. The summed E-state index contributed by atoms with van der Waals surface area (Å²) in [6, 6.07) is 2.03. The lowest BCUT2D eigenvalue weighted by atomic mass is 9.95. The van der Waals surface area contributed by atoms with Crippen LogP contribution in [0.1, 0.15) is 63.8 Å². The Bertz CT molecular complexity index is 744.